The lowest BCUT2D eigenvalue weighted by Crippen LogP contribution is -2.22. The van der Waals surface area contributed by atoms with Crippen LogP contribution in [-0.2, 0) is 12.7 Å². The Morgan fingerprint density at radius 2 is 1.78 bits per heavy atom. The van der Waals surface area contributed by atoms with E-state index >= 15 is 0 Å². The molecule has 3 nitrogen and oxygen atoms in total. The zero-order chi connectivity index (χ0) is 16.4. The second-order valence-electron chi connectivity index (χ2n) is 5.16. The van der Waals surface area contributed by atoms with Gasteiger partial charge in [0.05, 0.1) is 5.56 Å². The SMILES string of the molecule is O=C(NCc1ccc2[nH]ccc2c1)c1ccc(C(F)(F)F)cc1. The van der Waals surface area contributed by atoms with E-state index in [1.54, 1.807) is 0 Å². The van der Waals surface area contributed by atoms with Crippen LogP contribution in [0.2, 0.25) is 0 Å². The topological polar surface area (TPSA) is 44.9 Å². The lowest BCUT2D eigenvalue weighted by atomic mass is 10.1. The fourth-order valence-corrected chi connectivity index (χ4v) is 2.31. The highest BCUT2D eigenvalue weighted by Crippen LogP contribution is 2.29. The Bertz CT molecular complexity index is 835. The van der Waals surface area contributed by atoms with Gasteiger partial charge in [-0.25, -0.2) is 0 Å². The molecule has 0 saturated heterocycles. The van der Waals surface area contributed by atoms with Crippen molar-refractivity contribution in [1.82, 2.24) is 10.3 Å². The summed E-state index contributed by atoms with van der Waals surface area (Å²) in [6.07, 6.45) is -2.57. The summed E-state index contributed by atoms with van der Waals surface area (Å²) >= 11 is 0. The summed E-state index contributed by atoms with van der Waals surface area (Å²) in [5, 5.41) is 3.73. The molecule has 1 aromatic heterocycles. The van der Waals surface area contributed by atoms with Crippen molar-refractivity contribution in [2.24, 2.45) is 0 Å². The van der Waals surface area contributed by atoms with Crippen molar-refractivity contribution in [2.75, 3.05) is 0 Å². The van der Waals surface area contributed by atoms with Gasteiger partial charge in [-0.05, 0) is 53.4 Å². The first-order valence-corrected chi connectivity index (χ1v) is 6.95. The third-order valence-corrected chi connectivity index (χ3v) is 3.55. The van der Waals surface area contributed by atoms with E-state index in [2.05, 4.69) is 10.3 Å². The number of rotatable bonds is 3. The van der Waals surface area contributed by atoms with Gasteiger partial charge in [-0.3, -0.25) is 4.79 Å². The van der Waals surface area contributed by atoms with Gasteiger partial charge in [-0.15, -0.1) is 0 Å². The lowest BCUT2D eigenvalue weighted by Gasteiger charge is -2.08. The van der Waals surface area contributed by atoms with Gasteiger partial charge in [0.2, 0.25) is 0 Å². The number of amides is 1. The van der Waals surface area contributed by atoms with Crippen LogP contribution in [-0.4, -0.2) is 10.9 Å². The van der Waals surface area contributed by atoms with E-state index in [1.807, 2.05) is 30.5 Å². The van der Waals surface area contributed by atoms with E-state index in [-0.39, 0.29) is 5.56 Å². The molecule has 0 atom stereocenters. The fourth-order valence-electron chi connectivity index (χ4n) is 2.31. The minimum Gasteiger partial charge on any atom is -0.361 e. The van der Waals surface area contributed by atoms with Crippen LogP contribution >= 0.6 is 0 Å². The predicted molar refractivity (Wildman–Crippen MR) is 80.9 cm³/mol. The number of hydrogen-bond donors (Lipinski definition) is 2. The van der Waals surface area contributed by atoms with Crippen LogP contribution in [0, 0.1) is 0 Å². The van der Waals surface area contributed by atoms with E-state index in [0.717, 1.165) is 28.6 Å². The van der Waals surface area contributed by atoms with Gasteiger partial charge in [0, 0.05) is 23.8 Å². The number of carbonyl (C=O) groups is 1. The van der Waals surface area contributed by atoms with Crippen molar-refractivity contribution >= 4 is 16.8 Å². The molecule has 0 aliphatic heterocycles. The average molecular weight is 318 g/mol. The second kappa shape index (κ2) is 5.79. The molecule has 0 aliphatic carbocycles. The highest BCUT2D eigenvalue weighted by Gasteiger charge is 2.30. The van der Waals surface area contributed by atoms with Gasteiger partial charge >= 0.3 is 6.18 Å². The van der Waals surface area contributed by atoms with Crippen molar-refractivity contribution in [3.05, 3.63) is 71.4 Å². The number of nitrogens with one attached hydrogen (secondary N) is 2. The molecule has 0 spiro atoms. The largest absolute Gasteiger partial charge is 0.416 e. The molecule has 23 heavy (non-hydrogen) atoms. The maximum Gasteiger partial charge on any atom is 0.416 e. The van der Waals surface area contributed by atoms with Crippen LogP contribution in [0.25, 0.3) is 10.9 Å². The molecule has 1 amide bonds. The summed E-state index contributed by atoms with van der Waals surface area (Å²) in [5.41, 5.74) is 1.34. The maximum absolute atomic E-state index is 12.5. The molecule has 6 heteroatoms. The number of alkyl halides is 3. The first kappa shape index (κ1) is 15.1. The number of carbonyl (C=O) groups excluding carboxylic acids is 1. The molecule has 3 rings (SSSR count). The Kier molecular flexibility index (Phi) is 3.82. The van der Waals surface area contributed by atoms with E-state index in [9.17, 15) is 18.0 Å². The molecule has 0 aliphatic rings. The first-order valence-electron chi connectivity index (χ1n) is 6.95. The fraction of sp³-hybridized carbons (Fsp3) is 0.118. The van der Waals surface area contributed by atoms with Crippen molar-refractivity contribution in [1.29, 1.82) is 0 Å². The standard InChI is InChI=1S/C17H13F3N2O/c18-17(19,20)14-4-2-12(3-5-14)16(23)22-10-11-1-6-15-13(9-11)7-8-21-15/h1-9,21H,10H2,(H,22,23). The molecule has 0 fully saturated rings. The second-order valence-corrected chi connectivity index (χ2v) is 5.16. The Morgan fingerprint density at radius 1 is 1.04 bits per heavy atom. The van der Waals surface area contributed by atoms with Gasteiger partial charge in [0.1, 0.15) is 0 Å². The molecule has 2 aromatic carbocycles. The van der Waals surface area contributed by atoms with Crippen molar-refractivity contribution < 1.29 is 18.0 Å². The van der Waals surface area contributed by atoms with Gasteiger partial charge in [0.25, 0.3) is 5.91 Å². The van der Waals surface area contributed by atoms with Gasteiger partial charge in [-0.2, -0.15) is 13.2 Å². The van der Waals surface area contributed by atoms with E-state index < -0.39 is 17.6 Å². The normalized spacial score (nSPS) is 11.6. The molecule has 118 valence electrons. The zero-order valence-corrected chi connectivity index (χ0v) is 11.9. The average Bonchev–Trinajstić information content (AvgIpc) is 2.99. The minimum absolute atomic E-state index is 0.195. The summed E-state index contributed by atoms with van der Waals surface area (Å²) in [6.45, 7) is 0.307. The number of halogens is 3. The highest BCUT2D eigenvalue weighted by atomic mass is 19.4. The first-order chi connectivity index (χ1) is 10.9. The number of H-pyrrole nitrogens is 1. The van der Waals surface area contributed by atoms with Crippen LogP contribution in [0.4, 0.5) is 13.2 Å². The van der Waals surface area contributed by atoms with E-state index in [1.165, 1.54) is 12.1 Å². The van der Waals surface area contributed by atoms with Crippen molar-refractivity contribution in [3.63, 3.8) is 0 Å². The van der Waals surface area contributed by atoms with Crippen LogP contribution in [0.1, 0.15) is 21.5 Å². The Balaban J connectivity index is 1.66. The van der Waals surface area contributed by atoms with Crippen molar-refractivity contribution in [3.8, 4) is 0 Å². The third-order valence-electron chi connectivity index (χ3n) is 3.55. The molecular formula is C17H13F3N2O. The molecule has 0 unspecified atom stereocenters. The smallest absolute Gasteiger partial charge is 0.361 e. The Morgan fingerprint density at radius 3 is 2.48 bits per heavy atom. The van der Waals surface area contributed by atoms with E-state index in [4.69, 9.17) is 0 Å². The molecule has 0 radical (unpaired) electrons. The minimum atomic E-state index is -4.40. The van der Waals surface area contributed by atoms with Crippen LogP contribution in [0.15, 0.2) is 54.7 Å². The van der Waals surface area contributed by atoms with Gasteiger partial charge in [0.15, 0.2) is 0 Å². The number of fused-ring (bicyclic) bond motifs is 1. The molecule has 1 heterocycles. The van der Waals surface area contributed by atoms with E-state index in [0.29, 0.717) is 6.54 Å². The molecule has 0 saturated carbocycles. The number of hydrogen-bond acceptors (Lipinski definition) is 1. The summed E-state index contributed by atoms with van der Waals surface area (Å²) in [5.74, 6) is -0.409. The number of aromatic nitrogens is 1. The summed E-state index contributed by atoms with van der Waals surface area (Å²) in [4.78, 5) is 15.1. The van der Waals surface area contributed by atoms with Crippen molar-refractivity contribution in [2.45, 2.75) is 12.7 Å². The highest BCUT2D eigenvalue weighted by molar-refractivity contribution is 5.94. The number of aromatic amines is 1. The van der Waals surface area contributed by atoms with Gasteiger partial charge in [-0.1, -0.05) is 6.07 Å². The van der Waals surface area contributed by atoms with Crippen LogP contribution < -0.4 is 5.32 Å². The monoisotopic (exact) mass is 318 g/mol. The number of benzene rings is 2. The molecule has 0 bridgehead atoms. The molecular weight excluding hydrogens is 305 g/mol. The quantitative estimate of drug-likeness (QED) is 0.750. The lowest BCUT2D eigenvalue weighted by molar-refractivity contribution is -0.137. The Hall–Kier alpha value is -2.76. The predicted octanol–water partition coefficient (Wildman–Crippen LogP) is 4.12. The summed E-state index contributed by atoms with van der Waals surface area (Å²) in [7, 11) is 0. The zero-order valence-electron chi connectivity index (χ0n) is 11.9. The maximum atomic E-state index is 12.5. The summed E-state index contributed by atoms with van der Waals surface area (Å²) in [6, 6.07) is 11.8. The van der Waals surface area contributed by atoms with Crippen LogP contribution in [0.5, 0.6) is 0 Å². The molecule has 3 aromatic rings. The summed E-state index contributed by atoms with van der Waals surface area (Å²) < 4.78 is 37.5. The van der Waals surface area contributed by atoms with Gasteiger partial charge < -0.3 is 10.3 Å². The third kappa shape index (κ3) is 3.36. The molecule has 2 N–H and O–H groups in total. The van der Waals surface area contributed by atoms with Crippen LogP contribution in [0.3, 0.4) is 0 Å². The Labute approximate surface area is 130 Å².